The van der Waals surface area contributed by atoms with Crippen LogP contribution in [0.2, 0.25) is 0 Å². The first kappa shape index (κ1) is 16.9. The molecular weight excluding hydrogens is 413 g/mol. The van der Waals surface area contributed by atoms with Crippen molar-refractivity contribution in [1.29, 1.82) is 0 Å². The Balaban J connectivity index is 1.64. The van der Waals surface area contributed by atoms with Crippen LogP contribution in [0.25, 0.3) is 10.8 Å². The van der Waals surface area contributed by atoms with Crippen molar-refractivity contribution in [2.24, 2.45) is 0 Å². The molecule has 4 heteroatoms. The Morgan fingerprint density at radius 3 is 2.54 bits per heavy atom. The van der Waals surface area contributed by atoms with Crippen molar-refractivity contribution < 1.29 is 9.90 Å². The third kappa shape index (κ3) is 3.76. The molecule has 0 heterocycles. The number of halogens is 1. The summed E-state index contributed by atoms with van der Waals surface area (Å²) < 4.78 is 0.919. The molecule has 0 aliphatic carbocycles. The summed E-state index contributed by atoms with van der Waals surface area (Å²) in [5, 5.41) is 15.5. The van der Waals surface area contributed by atoms with E-state index in [0.717, 1.165) is 19.9 Å². The molecule has 3 nitrogen and oxygen atoms in total. The third-order valence-corrected chi connectivity index (χ3v) is 4.94. The molecule has 24 heavy (non-hydrogen) atoms. The third-order valence-electron chi connectivity index (χ3n) is 4.00. The number of aliphatic hydroxyl groups is 1. The molecule has 0 aromatic heterocycles. The molecule has 3 aromatic rings. The van der Waals surface area contributed by atoms with Gasteiger partial charge < -0.3 is 10.4 Å². The molecule has 122 valence electrons. The summed E-state index contributed by atoms with van der Waals surface area (Å²) >= 11 is 2.15. The second-order valence-electron chi connectivity index (χ2n) is 5.61. The van der Waals surface area contributed by atoms with Crippen molar-refractivity contribution >= 4 is 39.3 Å². The van der Waals surface area contributed by atoms with Gasteiger partial charge in [-0.25, -0.2) is 0 Å². The van der Waals surface area contributed by atoms with E-state index < -0.39 is 6.10 Å². The van der Waals surface area contributed by atoms with E-state index in [-0.39, 0.29) is 5.91 Å². The van der Waals surface area contributed by atoms with Crippen LogP contribution in [0.3, 0.4) is 0 Å². The molecule has 3 rings (SSSR count). The second-order valence-corrected chi connectivity index (χ2v) is 6.77. The van der Waals surface area contributed by atoms with E-state index in [1.165, 1.54) is 0 Å². The van der Waals surface area contributed by atoms with Crippen LogP contribution in [-0.2, 0) is 0 Å². The van der Waals surface area contributed by atoms with Gasteiger partial charge in [0.15, 0.2) is 0 Å². The fourth-order valence-electron chi connectivity index (χ4n) is 2.76. The Labute approximate surface area is 154 Å². The summed E-state index contributed by atoms with van der Waals surface area (Å²) in [7, 11) is 0. The second kappa shape index (κ2) is 7.77. The lowest BCUT2D eigenvalue weighted by atomic mass is 9.99. The lowest BCUT2D eigenvalue weighted by Gasteiger charge is -2.14. The maximum atomic E-state index is 12.2. The monoisotopic (exact) mass is 431 g/mol. The number of carbonyl (C=O) groups excluding carboxylic acids is 1. The lowest BCUT2D eigenvalue weighted by molar-refractivity contribution is 0.0942. The predicted molar refractivity (Wildman–Crippen MR) is 105 cm³/mol. The zero-order chi connectivity index (χ0) is 16.9. The standard InChI is InChI=1S/C20H18INO2/c21-18-11-4-3-9-17(18)20(24)22-13-12-19(23)16-10-5-7-14-6-1-2-8-15(14)16/h1-11,19,23H,12-13H2,(H,22,24). The van der Waals surface area contributed by atoms with Gasteiger partial charge in [0.05, 0.1) is 11.7 Å². The molecule has 0 spiro atoms. The highest BCUT2D eigenvalue weighted by Gasteiger charge is 2.13. The Hall–Kier alpha value is -1.92. The highest BCUT2D eigenvalue weighted by molar-refractivity contribution is 14.1. The molecule has 0 saturated carbocycles. The number of nitrogens with one attached hydrogen (secondary N) is 1. The van der Waals surface area contributed by atoms with Gasteiger partial charge in [0, 0.05) is 10.1 Å². The number of amides is 1. The average Bonchev–Trinajstić information content (AvgIpc) is 2.61. The molecular formula is C20H18INO2. The van der Waals surface area contributed by atoms with E-state index in [0.29, 0.717) is 18.5 Å². The van der Waals surface area contributed by atoms with Crippen molar-refractivity contribution in [3.05, 3.63) is 81.4 Å². The predicted octanol–water partition coefficient (Wildman–Crippen LogP) is 4.30. The first-order chi connectivity index (χ1) is 11.7. The summed E-state index contributed by atoms with van der Waals surface area (Å²) in [6.45, 7) is 0.425. The van der Waals surface area contributed by atoms with Crippen molar-refractivity contribution in [3.8, 4) is 0 Å². The summed E-state index contributed by atoms with van der Waals surface area (Å²) in [6, 6.07) is 21.4. The highest BCUT2D eigenvalue weighted by Crippen LogP contribution is 2.25. The Morgan fingerprint density at radius 1 is 1.00 bits per heavy atom. The fourth-order valence-corrected chi connectivity index (χ4v) is 3.39. The fraction of sp³-hybridized carbons (Fsp3) is 0.150. The van der Waals surface area contributed by atoms with Gasteiger partial charge >= 0.3 is 0 Å². The van der Waals surface area contributed by atoms with Gasteiger partial charge in [0.1, 0.15) is 0 Å². The molecule has 0 bridgehead atoms. The van der Waals surface area contributed by atoms with Crippen LogP contribution in [0.4, 0.5) is 0 Å². The van der Waals surface area contributed by atoms with Crippen LogP contribution in [0.5, 0.6) is 0 Å². The first-order valence-corrected chi connectivity index (χ1v) is 8.93. The molecule has 0 saturated heterocycles. The van der Waals surface area contributed by atoms with Gasteiger partial charge in [-0.05, 0) is 57.5 Å². The molecule has 1 unspecified atom stereocenters. The minimum absolute atomic E-state index is 0.106. The van der Waals surface area contributed by atoms with Gasteiger partial charge in [0.25, 0.3) is 5.91 Å². The maximum Gasteiger partial charge on any atom is 0.252 e. The van der Waals surface area contributed by atoms with Crippen LogP contribution in [0, 0.1) is 3.57 Å². The first-order valence-electron chi connectivity index (χ1n) is 7.85. The van der Waals surface area contributed by atoms with Crippen molar-refractivity contribution in [1.82, 2.24) is 5.32 Å². The molecule has 0 fully saturated rings. The van der Waals surface area contributed by atoms with E-state index in [1.807, 2.05) is 60.7 Å². The normalized spacial score (nSPS) is 12.1. The minimum Gasteiger partial charge on any atom is -0.388 e. The average molecular weight is 431 g/mol. The van der Waals surface area contributed by atoms with Gasteiger partial charge in [-0.1, -0.05) is 54.6 Å². The van der Waals surface area contributed by atoms with Gasteiger partial charge in [-0.15, -0.1) is 0 Å². The van der Waals surface area contributed by atoms with E-state index >= 15 is 0 Å². The molecule has 3 aromatic carbocycles. The topological polar surface area (TPSA) is 49.3 Å². The number of rotatable bonds is 5. The lowest BCUT2D eigenvalue weighted by Crippen LogP contribution is -2.26. The molecule has 0 aliphatic rings. The van der Waals surface area contributed by atoms with Crippen molar-refractivity contribution in [3.63, 3.8) is 0 Å². The van der Waals surface area contributed by atoms with Crippen molar-refractivity contribution in [2.75, 3.05) is 6.54 Å². The number of benzene rings is 3. The SMILES string of the molecule is O=C(NCCC(O)c1cccc2ccccc12)c1ccccc1I. The van der Waals surface area contributed by atoms with E-state index in [9.17, 15) is 9.90 Å². The molecule has 0 aliphatic heterocycles. The van der Waals surface area contributed by atoms with Gasteiger partial charge in [-0.2, -0.15) is 0 Å². The minimum atomic E-state index is -0.605. The van der Waals surface area contributed by atoms with E-state index in [2.05, 4.69) is 27.9 Å². The maximum absolute atomic E-state index is 12.2. The highest BCUT2D eigenvalue weighted by atomic mass is 127. The smallest absolute Gasteiger partial charge is 0.252 e. The van der Waals surface area contributed by atoms with Crippen LogP contribution in [-0.4, -0.2) is 17.6 Å². The summed E-state index contributed by atoms with van der Waals surface area (Å²) in [6.07, 6.45) is -0.130. The van der Waals surface area contributed by atoms with E-state index in [4.69, 9.17) is 0 Å². The van der Waals surface area contributed by atoms with Gasteiger partial charge in [0.2, 0.25) is 0 Å². The number of hydrogen-bond acceptors (Lipinski definition) is 2. The van der Waals surface area contributed by atoms with Gasteiger partial charge in [-0.3, -0.25) is 4.79 Å². The molecule has 1 atom stereocenters. The summed E-state index contributed by atoms with van der Waals surface area (Å²) in [5.74, 6) is -0.106. The Bertz CT molecular complexity index is 858. The number of aliphatic hydroxyl groups excluding tert-OH is 1. The van der Waals surface area contributed by atoms with Crippen molar-refractivity contribution in [2.45, 2.75) is 12.5 Å². The largest absolute Gasteiger partial charge is 0.388 e. The quantitative estimate of drug-likeness (QED) is 0.592. The number of hydrogen-bond donors (Lipinski definition) is 2. The van der Waals surface area contributed by atoms with Crippen LogP contribution >= 0.6 is 22.6 Å². The number of fused-ring (bicyclic) bond motifs is 1. The molecule has 2 N–H and O–H groups in total. The summed E-state index contributed by atoms with van der Waals surface area (Å²) in [5.41, 5.74) is 1.56. The Kier molecular flexibility index (Phi) is 5.48. The zero-order valence-electron chi connectivity index (χ0n) is 13.1. The van der Waals surface area contributed by atoms with Crippen LogP contribution < -0.4 is 5.32 Å². The zero-order valence-corrected chi connectivity index (χ0v) is 15.2. The Morgan fingerprint density at radius 2 is 1.71 bits per heavy atom. The summed E-state index contributed by atoms with van der Waals surface area (Å²) in [4.78, 5) is 12.2. The molecule has 0 radical (unpaired) electrons. The number of carbonyl (C=O) groups is 1. The van der Waals surface area contributed by atoms with Crippen LogP contribution in [0.1, 0.15) is 28.4 Å². The van der Waals surface area contributed by atoms with E-state index in [1.54, 1.807) is 6.07 Å². The molecule has 1 amide bonds. The van der Waals surface area contributed by atoms with Crippen LogP contribution in [0.15, 0.2) is 66.7 Å².